The molecule has 0 amide bonds. The third-order valence-electron chi connectivity index (χ3n) is 1.21. The first kappa shape index (κ1) is 8.01. The van der Waals surface area contributed by atoms with Gasteiger partial charge < -0.3 is 9.84 Å². The fourth-order valence-corrected chi connectivity index (χ4v) is 0.770. The van der Waals surface area contributed by atoms with Crippen LogP contribution in [-0.2, 0) is 0 Å². The smallest absolute Gasteiger partial charge is 0.137 e. The highest BCUT2D eigenvalue weighted by Crippen LogP contribution is 2.09. The Morgan fingerprint density at radius 2 is 2.36 bits per heavy atom. The van der Waals surface area contributed by atoms with E-state index in [1.807, 2.05) is 13.0 Å². The lowest BCUT2D eigenvalue weighted by molar-refractivity contribution is 0.201. The minimum Gasteiger partial charge on any atom is -0.490 e. The highest BCUT2D eigenvalue weighted by Gasteiger charge is 1.92. The van der Waals surface area contributed by atoms with Crippen molar-refractivity contribution in [3.05, 3.63) is 24.0 Å². The van der Waals surface area contributed by atoms with Crippen LogP contribution in [0.4, 0.5) is 0 Å². The lowest BCUT2D eigenvalue weighted by Crippen LogP contribution is -2.01. The van der Waals surface area contributed by atoms with Crippen molar-refractivity contribution in [1.82, 2.24) is 4.98 Å². The van der Waals surface area contributed by atoms with E-state index in [9.17, 15) is 0 Å². The topological polar surface area (TPSA) is 42.4 Å². The second kappa shape index (κ2) is 3.93. The quantitative estimate of drug-likeness (QED) is 0.697. The van der Waals surface area contributed by atoms with Crippen molar-refractivity contribution in [2.45, 2.75) is 6.92 Å². The van der Waals surface area contributed by atoms with Gasteiger partial charge in [-0.2, -0.15) is 0 Å². The second-order valence-electron chi connectivity index (χ2n) is 2.27. The van der Waals surface area contributed by atoms with Crippen molar-refractivity contribution in [3.63, 3.8) is 0 Å². The molecular weight excluding hydrogens is 142 g/mol. The maximum absolute atomic E-state index is 8.45. The largest absolute Gasteiger partial charge is 0.490 e. The summed E-state index contributed by atoms with van der Waals surface area (Å²) in [5, 5.41) is 8.45. The summed E-state index contributed by atoms with van der Waals surface area (Å²) in [7, 11) is 0. The summed E-state index contributed by atoms with van der Waals surface area (Å²) in [6, 6.07) is 1.88. The van der Waals surface area contributed by atoms with Crippen LogP contribution in [0.15, 0.2) is 18.5 Å². The first-order chi connectivity index (χ1) is 5.33. The van der Waals surface area contributed by atoms with Crippen molar-refractivity contribution in [3.8, 4) is 5.75 Å². The van der Waals surface area contributed by atoms with Crippen LogP contribution in [0.2, 0.25) is 0 Å². The molecule has 0 radical (unpaired) electrons. The Balaban J connectivity index is 2.56. The normalized spacial score (nSPS) is 9.64. The molecule has 0 atom stereocenters. The van der Waals surface area contributed by atoms with Crippen LogP contribution in [0.1, 0.15) is 5.56 Å². The summed E-state index contributed by atoms with van der Waals surface area (Å²) in [6.45, 7) is 2.30. The average molecular weight is 153 g/mol. The molecule has 0 aromatic carbocycles. The fraction of sp³-hybridized carbons (Fsp3) is 0.375. The van der Waals surface area contributed by atoms with Gasteiger partial charge >= 0.3 is 0 Å². The number of rotatable bonds is 3. The predicted octanol–water partition coefficient (Wildman–Crippen LogP) is 0.761. The molecule has 1 rings (SSSR count). The van der Waals surface area contributed by atoms with E-state index >= 15 is 0 Å². The summed E-state index contributed by atoms with van der Waals surface area (Å²) in [4.78, 5) is 3.93. The van der Waals surface area contributed by atoms with Gasteiger partial charge in [0.2, 0.25) is 0 Å². The van der Waals surface area contributed by atoms with E-state index in [1.54, 1.807) is 12.4 Å². The summed E-state index contributed by atoms with van der Waals surface area (Å²) >= 11 is 0. The first-order valence-corrected chi connectivity index (χ1v) is 3.48. The molecule has 0 aliphatic rings. The number of hydrogen-bond acceptors (Lipinski definition) is 3. The average Bonchev–Trinajstić information content (AvgIpc) is 2.01. The minimum absolute atomic E-state index is 0.0357. The zero-order valence-electron chi connectivity index (χ0n) is 6.45. The molecule has 1 N–H and O–H groups in total. The molecule has 60 valence electrons. The molecule has 1 aromatic rings. The van der Waals surface area contributed by atoms with Crippen molar-refractivity contribution in [2.75, 3.05) is 13.2 Å². The molecule has 3 nitrogen and oxygen atoms in total. The van der Waals surface area contributed by atoms with Gasteiger partial charge in [0, 0.05) is 6.20 Å². The van der Waals surface area contributed by atoms with E-state index < -0.39 is 0 Å². The van der Waals surface area contributed by atoms with E-state index in [1.165, 1.54) is 0 Å². The molecule has 1 aromatic heterocycles. The molecule has 0 aliphatic carbocycles. The van der Waals surface area contributed by atoms with Crippen molar-refractivity contribution in [1.29, 1.82) is 0 Å². The molecule has 0 fully saturated rings. The van der Waals surface area contributed by atoms with Crippen LogP contribution in [-0.4, -0.2) is 23.3 Å². The maximum atomic E-state index is 8.45. The van der Waals surface area contributed by atoms with Crippen molar-refractivity contribution < 1.29 is 9.84 Å². The molecule has 0 saturated carbocycles. The summed E-state index contributed by atoms with van der Waals surface area (Å²) in [5.41, 5.74) is 1.06. The third kappa shape index (κ3) is 2.55. The highest BCUT2D eigenvalue weighted by atomic mass is 16.5. The van der Waals surface area contributed by atoms with Crippen LogP contribution >= 0.6 is 0 Å². The van der Waals surface area contributed by atoms with Crippen LogP contribution in [0.25, 0.3) is 0 Å². The van der Waals surface area contributed by atoms with Gasteiger partial charge in [-0.15, -0.1) is 0 Å². The van der Waals surface area contributed by atoms with Crippen LogP contribution in [0.5, 0.6) is 5.75 Å². The molecule has 0 spiro atoms. The summed E-state index contributed by atoms with van der Waals surface area (Å²) in [5.74, 6) is 0.707. The van der Waals surface area contributed by atoms with E-state index in [0.29, 0.717) is 12.4 Å². The van der Waals surface area contributed by atoms with Gasteiger partial charge in [-0.1, -0.05) is 0 Å². The van der Waals surface area contributed by atoms with Crippen LogP contribution in [0, 0.1) is 6.92 Å². The van der Waals surface area contributed by atoms with Crippen molar-refractivity contribution in [2.24, 2.45) is 0 Å². The number of ether oxygens (including phenoxy) is 1. The highest BCUT2D eigenvalue weighted by molar-refractivity contribution is 5.22. The number of aliphatic hydroxyl groups excluding tert-OH is 1. The minimum atomic E-state index is 0.0357. The standard InChI is InChI=1S/C8H11NO2/c1-7-4-8(6-9-5-7)11-3-2-10/h4-6,10H,2-3H2,1H3. The maximum Gasteiger partial charge on any atom is 0.137 e. The molecule has 0 aliphatic heterocycles. The van der Waals surface area contributed by atoms with Gasteiger partial charge in [0.15, 0.2) is 0 Å². The first-order valence-electron chi connectivity index (χ1n) is 3.48. The number of aromatic nitrogens is 1. The number of hydrogen-bond donors (Lipinski definition) is 1. The lowest BCUT2D eigenvalue weighted by atomic mass is 10.3. The predicted molar refractivity (Wildman–Crippen MR) is 41.6 cm³/mol. The van der Waals surface area contributed by atoms with Gasteiger partial charge in [0.1, 0.15) is 12.4 Å². The number of nitrogens with zero attached hydrogens (tertiary/aromatic N) is 1. The molecule has 1 heterocycles. The second-order valence-corrected chi connectivity index (χ2v) is 2.27. The Labute approximate surface area is 65.7 Å². The lowest BCUT2D eigenvalue weighted by Gasteiger charge is -2.02. The van der Waals surface area contributed by atoms with E-state index in [4.69, 9.17) is 9.84 Å². The zero-order chi connectivity index (χ0) is 8.10. The Hall–Kier alpha value is -1.09. The third-order valence-corrected chi connectivity index (χ3v) is 1.21. The van der Waals surface area contributed by atoms with Crippen molar-refractivity contribution >= 4 is 0 Å². The summed E-state index contributed by atoms with van der Waals surface area (Å²) < 4.78 is 5.12. The monoisotopic (exact) mass is 153 g/mol. The van der Waals surface area contributed by atoms with Gasteiger partial charge in [-0.3, -0.25) is 4.98 Å². The van der Waals surface area contributed by atoms with Gasteiger partial charge in [0.25, 0.3) is 0 Å². The molecule has 0 saturated heterocycles. The summed E-state index contributed by atoms with van der Waals surface area (Å²) in [6.07, 6.45) is 3.38. The van der Waals surface area contributed by atoms with E-state index in [-0.39, 0.29) is 6.61 Å². The SMILES string of the molecule is Cc1cncc(OCCO)c1. The van der Waals surface area contributed by atoms with Gasteiger partial charge in [-0.05, 0) is 18.6 Å². The Morgan fingerprint density at radius 1 is 1.55 bits per heavy atom. The Kier molecular flexibility index (Phi) is 2.86. The van der Waals surface area contributed by atoms with E-state index in [2.05, 4.69) is 4.98 Å². The molecule has 0 unspecified atom stereocenters. The Bertz CT molecular complexity index is 225. The van der Waals surface area contributed by atoms with Crippen LogP contribution < -0.4 is 4.74 Å². The zero-order valence-corrected chi connectivity index (χ0v) is 6.45. The van der Waals surface area contributed by atoms with Gasteiger partial charge in [0.05, 0.1) is 12.8 Å². The number of aliphatic hydroxyl groups is 1. The molecule has 11 heavy (non-hydrogen) atoms. The van der Waals surface area contributed by atoms with Gasteiger partial charge in [-0.25, -0.2) is 0 Å². The molecule has 3 heteroatoms. The molecular formula is C8H11NO2. The van der Waals surface area contributed by atoms with E-state index in [0.717, 1.165) is 5.56 Å². The number of pyridine rings is 1. The number of aryl methyl sites for hydroxylation is 1. The van der Waals surface area contributed by atoms with Crippen LogP contribution in [0.3, 0.4) is 0 Å². The molecule has 0 bridgehead atoms. The Morgan fingerprint density at radius 3 is 3.00 bits per heavy atom. The fourth-order valence-electron chi connectivity index (χ4n) is 0.770.